The number of hydrogen-bond donors (Lipinski definition) is 0. The van der Waals surface area contributed by atoms with Crippen LogP contribution < -0.4 is 4.90 Å². The molecule has 1 aromatic heterocycles. The van der Waals surface area contributed by atoms with Crippen molar-refractivity contribution in [3.8, 4) is 10.4 Å². The summed E-state index contributed by atoms with van der Waals surface area (Å²) in [5.74, 6) is 0. The topological polar surface area (TPSA) is 16.1 Å². The third kappa shape index (κ3) is 6.00. The Morgan fingerprint density at radius 1 is 1.15 bits per heavy atom. The number of hydrogen-bond acceptors (Lipinski definition) is 3. The summed E-state index contributed by atoms with van der Waals surface area (Å²) in [6.07, 6.45) is 8.26. The second kappa shape index (κ2) is 10.7. The molecular formula is C22H32F2N2S. The molecule has 0 N–H and O–H groups in total. The molecule has 1 aliphatic rings. The zero-order valence-corrected chi connectivity index (χ0v) is 17.8. The molecule has 0 saturated heterocycles. The average molecular weight is 395 g/mol. The van der Waals surface area contributed by atoms with Gasteiger partial charge in [-0.1, -0.05) is 46.0 Å². The lowest BCUT2D eigenvalue weighted by Crippen LogP contribution is -2.24. The van der Waals surface area contributed by atoms with E-state index in [1.165, 1.54) is 43.4 Å². The van der Waals surface area contributed by atoms with Gasteiger partial charge in [0.05, 0.1) is 9.88 Å². The molecule has 3 rings (SSSR count). The standard InChI is InChI=1S/C15H16F2N2S.C7H16/c1-9-18-8-14(20-9)11-6-10-4-3-5-19(2)13(10)7-12(11)15(16)17;1-3-5-7-6-4-2/h6-8,15H,3-5H2,1-2H3;3-7H2,1-2H3. The van der Waals surface area contributed by atoms with Crippen LogP contribution in [0.2, 0.25) is 0 Å². The summed E-state index contributed by atoms with van der Waals surface area (Å²) < 4.78 is 26.8. The molecule has 0 saturated carbocycles. The summed E-state index contributed by atoms with van der Waals surface area (Å²) in [6.45, 7) is 7.31. The van der Waals surface area contributed by atoms with Crippen molar-refractivity contribution >= 4 is 17.0 Å². The lowest BCUT2D eigenvalue weighted by atomic mass is 9.95. The largest absolute Gasteiger partial charge is 0.374 e. The molecule has 150 valence electrons. The highest BCUT2D eigenvalue weighted by molar-refractivity contribution is 7.15. The molecule has 0 unspecified atom stereocenters. The Bertz CT molecular complexity index is 708. The average Bonchev–Trinajstić information content (AvgIpc) is 3.08. The summed E-state index contributed by atoms with van der Waals surface area (Å²) in [4.78, 5) is 7.07. The molecule has 2 heterocycles. The molecule has 0 amide bonds. The molecule has 0 fully saturated rings. The molecule has 1 aliphatic heterocycles. The zero-order valence-electron chi connectivity index (χ0n) is 17.0. The number of thiazole rings is 1. The van der Waals surface area contributed by atoms with Gasteiger partial charge in [0.25, 0.3) is 6.43 Å². The summed E-state index contributed by atoms with van der Waals surface area (Å²) in [5.41, 5.74) is 2.85. The predicted molar refractivity (Wildman–Crippen MR) is 113 cm³/mol. The molecule has 0 radical (unpaired) electrons. The number of aryl methyl sites for hydroxylation is 2. The number of aromatic nitrogens is 1. The second-order valence-corrected chi connectivity index (χ2v) is 8.43. The molecule has 0 bridgehead atoms. The number of halogens is 2. The van der Waals surface area contributed by atoms with Gasteiger partial charge in [-0.05, 0) is 37.5 Å². The molecule has 5 heteroatoms. The molecule has 0 spiro atoms. The van der Waals surface area contributed by atoms with E-state index in [0.717, 1.165) is 40.5 Å². The zero-order chi connectivity index (χ0) is 19.8. The van der Waals surface area contributed by atoms with E-state index in [4.69, 9.17) is 0 Å². The van der Waals surface area contributed by atoms with E-state index in [0.29, 0.717) is 5.56 Å². The summed E-state index contributed by atoms with van der Waals surface area (Å²) >= 11 is 1.47. The SMILES string of the molecule is CCCCCCC.Cc1ncc(-c2cc3c(cc2C(F)F)N(C)CCC3)s1. The Morgan fingerprint density at radius 2 is 1.85 bits per heavy atom. The van der Waals surface area contributed by atoms with E-state index in [-0.39, 0.29) is 5.56 Å². The number of rotatable bonds is 6. The number of benzene rings is 1. The van der Waals surface area contributed by atoms with Gasteiger partial charge < -0.3 is 4.90 Å². The fourth-order valence-electron chi connectivity index (χ4n) is 3.39. The van der Waals surface area contributed by atoms with Gasteiger partial charge in [-0.15, -0.1) is 11.3 Å². The Morgan fingerprint density at radius 3 is 2.41 bits per heavy atom. The van der Waals surface area contributed by atoms with Crippen molar-refractivity contribution in [1.82, 2.24) is 4.98 Å². The third-order valence-electron chi connectivity index (χ3n) is 4.93. The van der Waals surface area contributed by atoms with Crippen LogP contribution in [0.4, 0.5) is 14.5 Å². The first-order valence-electron chi connectivity index (χ1n) is 10.1. The highest BCUT2D eigenvalue weighted by atomic mass is 32.1. The second-order valence-electron chi connectivity index (χ2n) is 7.20. The van der Waals surface area contributed by atoms with Crippen LogP contribution in [0.1, 0.15) is 74.9 Å². The minimum absolute atomic E-state index is 0.112. The third-order valence-corrected chi connectivity index (χ3v) is 5.88. The first kappa shape index (κ1) is 21.8. The van der Waals surface area contributed by atoms with Gasteiger partial charge in [0.2, 0.25) is 0 Å². The normalized spacial score (nSPS) is 13.4. The number of fused-ring (bicyclic) bond motifs is 1. The van der Waals surface area contributed by atoms with Crippen LogP contribution in [0.25, 0.3) is 10.4 Å². The lowest BCUT2D eigenvalue weighted by molar-refractivity contribution is 0.152. The minimum atomic E-state index is -2.46. The van der Waals surface area contributed by atoms with E-state index >= 15 is 0 Å². The Balaban J connectivity index is 0.000000321. The smallest absolute Gasteiger partial charge is 0.264 e. The van der Waals surface area contributed by atoms with Gasteiger partial charge in [-0.25, -0.2) is 13.8 Å². The first-order chi connectivity index (χ1) is 13.0. The van der Waals surface area contributed by atoms with Gasteiger partial charge in [0, 0.05) is 36.6 Å². The Labute approximate surface area is 166 Å². The predicted octanol–water partition coefficient (Wildman–Crippen LogP) is 7.42. The molecule has 2 nitrogen and oxygen atoms in total. The van der Waals surface area contributed by atoms with Crippen molar-refractivity contribution in [2.24, 2.45) is 0 Å². The summed E-state index contributed by atoms with van der Waals surface area (Å²) in [6, 6.07) is 3.59. The quantitative estimate of drug-likeness (QED) is 0.474. The van der Waals surface area contributed by atoms with E-state index in [1.54, 1.807) is 12.3 Å². The van der Waals surface area contributed by atoms with Crippen LogP contribution in [-0.2, 0) is 6.42 Å². The fraction of sp³-hybridized carbons (Fsp3) is 0.591. The van der Waals surface area contributed by atoms with Gasteiger partial charge in [-0.2, -0.15) is 0 Å². The van der Waals surface area contributed by atoms with E-state index < -0.39 is 6.43 Å². The number of anilines is 1. The maximum atomic E-state index is 13.4. The fourth-order valence-corrected chi connectivity index (χ4v) is 4.20. The maximum absolute atomic E-state index is 13.4. The van der Waals surface area contributed by atoms with Gasteiger partial charge in [0.15, 0.2) is 0 Å². The van der Waals surface area contributed by atoms with Gasteiger partial charge in [0.1, 0.15) is 0 Å². The Hall–Kier alpha value is -1.49. The van der Waals surface area contributed by atoms with Crippen LogP contribution in [0, 0.1) is 6.92 Å². The van der Waals surface area contributed by atoms with E-state index in [2.05, 4.69) is 23.7 Å². The first-order valence-corrected chi connectivity index (χ1v) is 10.9. The van der Waals surface area contributed by atoms with Gasteiger partial charge >= 0.3 is 0 Å². The van der Waals surface area contributed by atoms with E-state index in [1.807, 2.05) is 20.0 Å². The monoisotopic (exact) mass is 394 g/mol. The van der Waals surface area contributed by atoms with Crippen LogP contribution in [0.5, 0.6) is 0 Å². The number of alkyl halides is 2. The Kier molecular flexibility index (Phi) is 8.68. The molecule has 27 heavy (non-hydrogen) atoms. The maximum Gasteiger partial charge on any atom is 0.264 e. The van der Waals surface area contributed by atoms with Crippen molar-refractivity contribution in [3.05, 3.63) is 34.5 Å². The molecular weight excluding hydrogens is 362 g/mol. The lowest BCUT2D eigenvalue weighted by Gasteiger charge is -2.29. The molecule has 0 aliphatic carbocycles. The van der Waals surface area contributed by atoms with Crippen molar-refractivity contribution in [2.75, 3.05) is 18.5 Å². The highest BCUT2D eigenvalue weighted by Gasteiger charge is 2.22. The summed E-state index contributed by atoms with van der Waals surface area (Å²) in [5, 5.41) is 0.898. The van der Waals surface area contributed by atoms with E-state index in [9.17, 15) is 8.78 Å². The minimum Gasteiger partial charge on any atom is -0.374 e. The van der Waals surface area contributed by atoms with Crippen LogP contribution in [0.3, 0.4) is 0 Å². The van der Waals surface area contributed by atoms with Gasteiger partial charge in [-0.3, -0.25) is 0 Å². The van der Waals surface area contributed by atoms with Crippen LogP contribution in [0.15, 0.2) is 18.3 Å². The summed E-state index contributed by atoms with van der Waals surface area (Å²) in [7, 11) is 1.96. The van der Waals surface area contributed by atoms with Crippen molar-refractivity contribution in [1.29, 1.82) is 0 Å². The number of nitrogens with zero attached hydrogens (tertiary/aromatic N) is 2. The highest BCUT2D eigenvalue weighted by Crippen LogP contribution is 2.40. The molecule has 2 aromatic rings. The number of unbranched alkanes of at least 4 members (excludes halogenated alkanes) is 4. The van der Waals surface area contributed by atoms with Crippen molar-refractivity contribution < 1.29 is 8.78 Å². The van der Waals surface area contributed by atoms with Crippen LogP contribution in [-0.4, -0.2) is 18.6 Å². The van der Waals surface area contributed by atoms with Crippen LogP contribution >= 0.6 is 11.3 Å². The molecule has 1 aromatic carbocycles. The molecule has 0 atom stereocenters. The van der Waals surface area contributed by atoms with Crippen molar-refractivity contribution in [2.45, 2.75) is 72.1 Å². The van der Waals surface area contributed by atoms with Crippen molar-refractivity contribution in [3.63, 3.8) is 0 Å².